The van der Waals surface area contributed by atoms with E-state index in [0.717, 1.165) is 45.2 Å². The van der Waals surface area contributed by atoms with Gasteiger partial charge in [0.2, 0.25) is 5.91 Å². The van der Waals surface area contributed by atoms with E-state index in [0.29, 0.717) is 12.3 Å². The quantitative estimate of drug-likeness (QED) is 0.846. The smallest absolute Gasteiger partial charge is 0.251 e. The van der Waals surface area contributed by atoms with Crippen molar-refractivity contribution in [3.05, 3.63) is 0 Å². The van der Waals surface area contributed by atoms with Gasteiger partial charge in [-0.25, -0.2) is 0 Å². The van der Waals surface area contributed by atoms with E-state index in [-0.39, 0.29) is 24.0 Å². The summed E-state index contributed by atoms with van der Waals surface area (Å²) in [5.41, 5.74) is 0. The molecule has 5 nitrogen and oxygen atoms in total. The van der Waals surface area contributed by atoms with Crippen molar-refractivity contribution in [2.45, 2.75) is 57.7 Å². The lowest BCUT2D eigenvalue weighted by molar-refractivity contribution is -0.144. The second kappa shape index (κ2) is 7.07. The second-order valence-corrected chi connectivity index (χ2v) is 5.88. The first-order chi connectivity index (χ1) is 9.63. The molecule has 20 heavy (non-hydrogen) atoms. The molecule has 0 aliphatic carbocycles. The Kier molecular flexibility index (Phi) is 5.40. The third-order valence-corrected chi connectivity index (χ3v) is 4.52. The summed E-state index contributed by atoms with van der Waals surface area (Å²) in [7, 11) is 1.67. The standard InChI is InChI=1S/C15H26N2O3/c1-3-12-4-5-13(20-12)15(19)17-8-6-11(7-9-17)10-14(18)16-2/h11-13H,3-10H2,1-2H3,(H,16,18). The number of carbonyl (C=O) groups excluding carboxylic acids is 2. The maximum Gasteiger partial charge on any atom is 0.251 e. The van der Waals surface area contributed by atoms with E-state index < -0.39 is 0 Å². The summed E-state index contributed by atoms with van der Waals surface area (Å²) in [5.74, 6) is 0.658. The van der Waals surface area contributed by atoms with Crippen molar-refractivity contribution in [1.82, 2.24) is 10.2 Å². The highest BCUT2D eigenvalue weighted by Crippen LogP contribution is 2.26. The van der Waals surface area contributed by atoms with E-state index in [1.165, 1.54) is 0 Å². The summed E-state index contributed by atoms with van der Waals surface area (Å²) < 4.78 is 5.78. The van der Waals surface area contributed by atoms with Gasteiger partial charge in [0, 0.05) is 26.6 Å². The molecular weight excluding hydrogens is 256 g/mol. The summed E-state index contributed by atoms with van der Waals surface area (Å²) in [5, 5.41) is 2.66. The first-order valence-electron chi connectivity index (χ1n) is 7.78. The van der Waals surface area contributed by atoms with Crippen molar-refractivity contribution in [3.63, 3.8) is 0 Å². The minimum absolute atomic E-state index is 0.0969. The van der Waals surface area contributed by atoms with Gasteiger partial charge in [-0.05, 0) is 38.0 Å². The zero-order valence-corrected chi connectivity index (χ0v) is 12.6. The van der Waals surface area contributed by atoms with Crippen molar-refractivity contribution in [2.24, 2.45) is 5.92 Å². The van der Waals surface area contributed by atoms with Crippen LogP contribution in [0.5, 0.6) is 0 Å². The van der Waals surface area contributed by atoms with Gasteiger partial charge in [-0.1, -0.05) is 6.92 Å². The van der Waals surface area contributed by atoms with Crippen molar-refractivity contribution in [2.75, 3.05) is 20.1 Å². The third kappa shape index (κ3) is 3.72. The Balaban J connectivity index is 1.76. The molecule has 2 saturated heterocycles. The van der Waals surface area contributed by atoms with Crippen LogP contribution in [0.25, 0.3) is 0 Å². The van der Waals surface area contributed by atoms with Crippen LogP contribution in [0.3, 0.4) is 0 Å². The van der Waals surface area contributed by atoms with Crippen LogP contribution in [-0.2, 0) is 14.3 Å². The number of ether oxygens (including phenoxy) is 1. The zero-order valence-electron chi connectivity index (χ0n) is 12.6. The fraction of sp³-hybridized carbons (Fsp3) is 0.867. The van der Waals surface area contributed by atoms with Crippen LogP contribution in [0.1, 0.15) is 45.4 Å². The van der Waals surface area contributed by atoms with Crippen LogP contribution in [0.4, 0.5) is 0 Å². The highest BCUT2D eigenvalue weighted by atomic mass is 16.5. The summed E-state index contributed by atoms with van der Waals surface area (Å²) in [4.78, 5) is 25.7. The van der Waals surface area contributed by atoms with Crippen LogP contribution < -0.4 is 5.32 Å². The number of carbonyl (C=O) groups is 2. The molecular formula is C15H26N2O3. The number of piperidine rings is 1. The number of rotatable bonds is 4. The minimum atomic E-state index is -0.226. The lowest BCUT2D eigenvalue weighted by atomic mass is 9.93. The van der Waals surface area contributed by atoms with E-state index in [9.17, 15) is 9.59 Å². The van der Waals surface area contributed by atoms with Gasteiger partial charge in [0.15, 0.2) is 0 Å². The van der Waals surface area contributed by atoms with Gasteiger partial charge < -0.3 is 15.0 Å². The Morgan fingerprint density at radius 3 is 2.45 bits per heavy atom. The number of likely N-dealkylation sites (tertiary alicyclic amines) is 1. The zero-order chi connectivity index (χ0) is 14.5. The van der Waals surface area contributed by atoms with Gasteiger partial charge in [-0.2, -0.15) is 0 Å². The lowest BCUT2D eigenvalue weighted by Gasteiger charge is -2.33. The Morgan fingerprint density at radius 2 is 1.90 bits per heavy atom. The fourth-order valence-corrected chi connectivity index (χ4v) is 3.11. The van der Waals surface area contributed by atoms with Crippen LogP contribution in [-0.4, -0.2) is 49.1 Å². The molecule has 1 N–H and O–H groups in total. The number of nitrogens with zero attached hydrogens (tertiary/aromatic N) is 1. The van der Waals surface area contributed by atoms with Crippen molar-refractivity contribution < 1.29 is 14.3 Å². The SMILES string of the molecule is CCC1CCC(C(=O)N2CCC(CC(=O)NC)CC2)O1. The molecule has 2 aliphatic heterocycles. The van der Waals surface area contributed by atoms with Crippen molar-refractivity contribution in [3.8, 4) is 0 Å². The summed E-state index contributed by atoms with van der Waals surface area (Å²) in [6, 6.07) is 0. The molecule has 0 radical (unpaired) electrons. The highest BCUT2D eigenvalue weighted by Gasteiger charge is 2.34. The van der Waals surface area contributed by atoms with Gasteiger partial charge in [-0.3, -0.25) is 9.59 Å². The fourth-order valence-electron chi connectivity index (χ4n) is 3.11. The van der Waals surface area contributed by atoms with Crippen molar-refractivity contribution >= 4 is 11.8 Å². The average molecular weight is 282 g/mol. The molecule has 2 atom stereocenters. The molecule has 0 aromatic rings. The molecule has 0 aromatic carbocycles. The average Bonchev–Trinajstić information content (AvgIpc) is 2.96. The van der Waals surface area contributed by atoms with E-state index in [2.05, 4.69) is 12.2 Å². The molecule has 2 heterocycles. The summed E-state index contributed by atoms with van der Waals surface area (Å²) >= 11 is 0. The maximum atomic E-state index is 12.4. The lowest BCUT2D eigenvalue weighted by Crippen LogP contribution is -2.44. The molecule has 114 valence electrons. The van der Waals surface area contributed by atoms with E-state index in [1.807, 2.05) is 4.90 Å². The minimum Gasteiger partial charge on any atom is -0.365 e. The number of hydrogen-bond acceptors (Lipinski definition) is 3. The second-order valence-electron chi connectivity index (χ2n) is 5.88. The summed E-state index contributed by atoms with van der Waals surface area (Å²) in [6.45, 7) is 3.62. The van der Waals surface area contributed by atoms with E-state index in [4.69, 9.17) is 4.74 Å². The van der Waals surface area contributed by atoms with Gasteiger partial charge in [0.25, 0.3) is 5.91 Å². The Morgan fingerprint density at radius 1 is 1.20 bits per heavy atom. The number of nitrogens with one attached hydrogen (secondary N) is 1. The molecule has 0 bridgehead atoms. The number of hydrogen-bond donors (Lipinski definition) is 1. The Labute approximate surface area is 121 Å². The van der Waals surface area contributed by atoms with E-state index in [1.54, 1.807) is 7.05 Å². The number of amides is 2. The molecule has 2 amide bonds. The molecule has 2 unspecified atom stereocenters. The molecule has 5 heteroatoms. The topological polar surface area (TPSA) is 58.6 Å². The first-order valence-corrected chi connectivity index (χ1v) is 7.78. The monoisotopic (exact) mass is 282 g/mol. The van der Waals surface area contributed by atoms with Gasteiger partial charge in [-0.15, -0.1) is 0 Å². The van der Waals surface area contributed by atoms with Crippen LogP contribution in [0, 0.1) is 5.92 Å². The third-order valence-electron chi connectivity index (χ3n) is 4.52. The maximum absolute atomic E-state index is 12.4. The van der Waals surface area contributed by atoms with Crippen LogP contribution in [0.15, 0.2) is 0 Å². The molecule has 0 aromatic heterocycles. The first kappa shape index (κ1) is 15.3. The molecule has 2 aliphatic rings. The molecule has 2 fully saturated rings. The Bertz CT molecular complexity index is 351. The molecule has 2 rings (SSSR count). The van der Waals surface area contributed by atoms with Gasteiger partial charge >= 0.3 is 0 Å². The largest absolute Gasteiger partial charge is 0.365 e. The summed E-state index contributed by atoms with van der Waals surface area (Å²) in [6.07, 6.45) is 5.29. The van der Waals surface area contributed by atoms with Crippen LogP contribution in [0.2, 0.25) is 0 Å². The predicted octanol–water partition coefficient (Wildman–Crippen LogP) is 1.32. The van der Waals surface area contributed by atoms with E-state index >= 15 is 0 Å². The van der Waals surface area contributed by atoms with Gasteiger partial charge in [0.1, 0.15) is 6.10 Å². The normalized spacial score (nSPS) is 27.6. The predicted molar refractivity (Wildman–Crippen MR) is 76.2 cm³/mol. The van der Waals surface area contributed by atoms with Crippen molar-refractivity contribution in [1.29, 1.82) is 0 Å². The van der Waals surface area contributed by atoms with Gasteiger partial charge in [0.05, 0.1) is 6.10 Å². The van der Waals surface area contributed by atoms with Crippen LogP contribution >= 0.6 is 0 Å². The Hall–Kier alpha value is -1.10. The molecule has 0 saturated carbocycles. The highest BCUT2D eigenvalue weighted by molar-refractivity contribution is 5.81. The molecule has 0 spiro atoms.